The number of fused-ring (bicyclic) bond motifs is 1. The maximum atomic E-state index is 12.7. The molecule has 1 aliphatic heterocycles. The van der Waals surface area contributed by atoms with E-state index in [1.54, 1.807) is 14.2 Å². The number of anilines is 1. The molecular formula is C25H30F3N3O3. The van der Waals surface area contributed by atoms with Crippen LogP contribution in [0.2, 0.25) is 0 Å². The Balaban J connectivity index is 1.43. The molecular weight excluding hydrogens is 447 g/mol. The van der Waals surface area contributed by atoms with Crippen molar-refractivity contribution in [1.29, 1.82) is 0 Å². The predicted molar refractivity (Wildman–Crippen MR) is 123 cm³/mol. The molecule has 0 bridgehead atoms. The third-order valence-electron chi connectivity index (χ3n) is 7.29. The maximum Gasteiger partial charge on any atom is 0.416 e. The van der Waals surface area contributed by atoms with Crippen LogP contribution in [0.1, 0.15) is 36.8 Å². The van der Waals surface area contributed by atoms with E-state index in [0.717, 1.165) is 44.4 Å². The van der Waals surface area contributed by atoms with Gasteiger partial charge < -0.3 is 25.0 Å². The number of nitrogens with one attached hydrogen (secondary N) is 2. The molecule has 1 saturated heterocycles. The molecule has 2 fully saturated rings. The first kappa shape index (κ1) is 24.2. The third kappa shape index (κ3) is 4.66. The highest BCUT2D eigenvalue weighted by molar-refractivity contribution is 5.89. The van der Waals surface area contributed by atoms with Crippen molar-refractivity contribution in [3.8, 4) is 11.5 Å². The fourth-order valence-electron chi connectivity index (χ4n) is 5.49. The minimum atomic E-state index is -4.41. The third-order valence-corrected chi connectivity index (χ3v) is 7.29. The second-order valence-corrected chi connectivity index (χ2v) is 9.12. The number of methoxy groups -OCH3 is 2. The van der Waals surface area contributed by atoms with Crippen molar-refractivity contribution in [1.82, 2.24) is 10.2 Å². The minimum absolute atomic E-state index is 0.0314. The van der Waals surface area contributed by atoms with Gasteiger partial charge in [-0.25, -0.2) is 4.79 Å². The zero-order valence-electron chi connectivity index (χ0n) is 19.5. The molecule has 4 rings (SSSR count). The Kier molecular flexibility index (Phi) is 6.66. The number of carbonyl (C=O) groups is 1. The van der Waals surface area contributed by atoms with Gasteiger partial charge in [-0.05, 0) is 81.2 Å². The van der Waals surface area contributed by atoms with Gasteiger partial charge in [0.15, 0.2) is 11.5 Å². The lowest BCUT2D eigenvalue weighted by Crippen LogP contribution is -2.52. The summed E-state index contributed by atoms with van der Waals surface area (Å²) in [7, 11) is 5.36. The van der Waals surface area contributed by atoms with Crippen LogP contribution in [0.3, 0.4) is 0 Å². The van der Waals surface area contributed by atoms with Crippen molar-refractivity contribution in [2.45, 2.75) is 49.4 Å². The topological polar surface area (TPSA) is 62.8 Å². The first-order valence-corrected chi connectivity index (χ1v) is 11.3. The van der Waals surface area contributed by atoms with E-state index < -0.39 is 17.8 Å². The molecule has 6 nitrogen and oxygen atoms in total. The van der Waals surface area contributed by atoms with E-state index in [9.17, 15) is 18.0 Å². The van der Waals surface area contributed by atoms with Crippen molar-refractivity contribution >= 4 is 11.7 Å². The Hall–Kier alpha value is -2.94. The van der Waals surface area contributed by atoms with E-state index in [2.05, 4.69) is 34.7 Å². The van der Waals surface area contributed by atoms with Gasteiger partial charge in [0.1, 0.15) is 0 Å². The summed E-state index contributed by atoms with van der Waals surface area (Å²) in [5.74, 6) is 1.40. The van der Waals surface area contributed by atoms with Crippen molar-refractivity contribution in [3.63, 3.8) is 0 Å². The number of halogens is 3. The summed E-state index contributed by atoms with van der Waals surface area (Å²) in [5.41, 5.74) is 0.753. The zero-order valence-corrected chi connectivity index (χ0v) is 19.5. The van der Waals surface area contributed by atoms with Crippen LogP contribution in [0.15, 0.2) is 42.5 Å². The molecule has 0 radical (unpaired) electrons. The molecule has 2 aromatic rings. The second-order valence-electron chi connectivity index (χ2n) is 9.12. The van der Waals surface area contributed by atoms with E-state index in [1.165, 1.54) is 17.7 Å². The SMILES string of the molecule is COc1ccc([C@@]23CC[C@H](NC(=O)Nc4ccc(C(F)(F)F)cc4)C[C@H]2N(C)CC3)cc1OC. The quantitative estimate of drug-likeness (QED) is 0.634. The minimum Gasteiger partial charge on any atom is -0.493 e. The highest BCUT2D eigenvalue weighted by Crippen LogP contribution is 2.49. The molecule has 2 amide bonds. The molecule has 9 heteroatoms. The molecule has 0 unspecified atom stereocenters. The van der Waals surface area contributed by atoms with E-state index in [-0.39, 0.29) is 17.5 Å². The highest BCUT2D eigenvalue weighted by Gasteiger charge is 2.50. The average molecular weight is 478 g/mol. The first-order chi connectivity index (χ1) is 16.2. The van der Waals surface area contributed by atoms with Crippen LogP contribution >= 0.6 is 0 Å². The van der Waals surface area contributed by atoms with E-state index in [0.29, 0.717) is 17.2 Å². The number of likely N-dealkylation sites (N-methyl/N-ethyl adjacent to an activating group) is 1. The van der Waals surface area contributed by atoms with Crippen LogP contribution in [0.4, 0.5) is 23.7 Å². The van der Waals surface area contributed by atoms with Gasteiger partial charge in [-0.2, -0.15) is 13.2 Å². The Morgan fingerprint density at radius 3 is 2.41 bits per heavy atom. The summed E-state index contributed by atoms with van der Waals surface area (Å²) in [6.45, 7) is 0.962. The standard InChI is InChI=1S/C25H30F3N3O3/c1-31-13-12-24(17-6-9-20(33-2)21(14-17)34-3)11-10-19(15-22(24)31)30-23(32)29-18-7-4-16(5-8-18)25(26,27)28/h4-9,14,19,22H,10-13,15H2,1-3H3,(H2,29,30,32)/t19-,22+,24-/m0/s1. The summed E-state index contributed by atoms with van der Waals surface area (Å²) in [5, 5.41) is 5.66. The molecule has 2 aromatic carbocycles. The molecule has 1 heterocycles. The lowest BCUT2D eigenvalue weighted by atomic mass is 9.65. The number of alkyl halides is 3. The van der Waals surface area contributed by atoms with Gasteiger partial charge in [0.25, 0.3) is 0 Å². The van der Waals surface area contributed by atoms with Gasteiger partial charge in [-0.15, -0.1) is 0 Å². The van der Waals surface area contributed by atoms with Crippen LogP contribution in [0.5, 0.6) is 11.5 Å². The van der Waals surface area contributed by atoms with Crippen molar-refractivity contribution in [2.75, 3.05) is 33.1 Å². The monoisotopic (exact) mass is 477 g/mol. The first-order valence-electron chi connectivity index (χ1n) is 11.3. The average Bonchev–Trinajstić information content (AvgIpc) is 3.15. The molecule has 0 aromatic heterocycles. The number of rotatable bonds is 5. The lowest BCUT2D eigenvalue weighted by molar-refractivity contribution is -0.137. The maximum absolute atomic E-state index is 12.7. The van der Waals surface area contributed by atoms with Gasteiger partial charge in [0.05, 0.1) is 19.8 Å². The fourth-order valence-corrected chi connectivity index (χ4v) is 5.49. The molecule has 2 N–H and O–H groups in total. The second kappa shape index (κ2) is 9.37. The number of hydrogen-bond acceptors (Lipinski definition) is 4. The Morgan fingerprint density at radius 2 is 1.76 bits per heavy atom. The summed E-state index contributed by atoms with van der Waals surface area (Å²) < 4.78 is 49.2. The Labute approximate surface area is 197 Å². The summed E-state index contributed by atoms with van der Waals surface area (Å²) in [6.07, 6.45) is -0.891. The van der Waals surface area contributed by atoms with Gasteiger partial charge in [0, 0.05) is 23.2 Å². The van der Waals surface area contributed by atoms with Crippen LogP contribution in [0.25, 0.3) is 0 Å². The molecule has 1 saturated carbocycles. The van der Waals surface area contributed by atoms with Crippen LogP contribution in [-0.2, 0) is 11.6 Å². The number of carbonyl (C=O) groups excluding carboxylic acids is 1. The number of amides is 2. The number of hydrogen-bond donors (Lipinski definition) is 2. The van der Waals surface area contributed by atoms with Crippen LogP contribution < -0.4 is 20.1 Å². The van der Waals surface area contributed by atoms with Gasteiger partial charge in [0.2, 0.25) is 0 Å². The Bertz CT molecular complexity index is 1030. The predicted octanol–water partition coefficient (Wildman–Crippen LogP) is 5.04. The molecule has 1 aliphatic carbocycles. The normalized spacial score (nSPS) is 24.9. The van der Waals surface area contributed by atoms with E-state index >= 15 is 0 Å². The fraction of sp³-hybridized carbons (Fsp3) is 0.480. The lowest BCUT2D eigenvalue weighted by Gasteiger charge is -2.45. The Morgan fingerprint density at radius 1 is 1.06 bits per heavy atom. The van der Waals surface area contributed by atoms with E-state index in [1.807, 2.05) is 6.07 Å². The molecule has 184 valence electrons. The van der Waals surface area contributed by atoms with Crippen molar-refractivity contribution in [3.05, 3.63) is 53.6 Å². The summed E-state index contributed by atoms with van der Waals surface area (Å²) in [4.78, 5) is 14.9. The summed E-state index contributed by atoms with van der Waals surface area (Å²) in [6, 6.07) is 10.4. The summed E-state index contributed by atoms with van der Waals surface area (Å²) >= 11 is 0. The zero-order chi connectivity index (χ0) is 24.5. The molecule has 0 spiro atoms. The number of urea groups is 1. The highest BCUT2D eigenvalue weighted by atomic mass is 19.4. The molecule has 2 aliphatic rings. The number of benzene rings is 2. The van der Waals surface area contributed by atoms with E-state index in [4.69, 9.17) is 9.47 Å². The van der Waals surface area contributed by atoms with Crippen molar-refractivity contribution in [2.24, 2.45) is 0 Å². The van der Waals surface area contributed by atoms with Gasteiger partial charge in [-0.1, -0.05) is 6.07 Å². The number of likely N-dealkylation sites (tertiary alicyclic amines) is 1. The molecule has 34 heavy (non-hydrogen) atoms. The van der Waals surface area contributed by atoms with Crippen molar-refractivity contribution < 1.29 is 27.4 Å². The number of nitrogens with zero attached hydrogens (tertiary/aromatic N) is 1. The van der Waals surface area contributed by atoms with Gasteiger partial charge in [-0.3, -0.25) is 0 Å². The smallest absolute Gasteiger partial charge is 0.416 e. The van der Waals surface area contributed by atoms with Gasteiger partial charge >= 0.3 is 12.2 Å². The largest absolute Gasteiger partial charge is 0.493 e. The van der Waals surface area contributed by atoms with Crippen LogP contribution in [-0.4, -0.2) is 50.8 Å². The number of ether oxygens (including phenoxy) is 2. The molecule has 3 atom stereocenters. The van der Waals surface area contributed by atoms with Crippen LogP contribution in [0, 0.1) is 0 Å².